The van der Waals surface area contributed by atoms with Crippen molar-refractivity contribution in [2.45, 2.75) is 32.1 Å². The summed E-state index contributed by atoms with van der Waals surface area (Å²) in [6, 6.07) is 29.6. The third-order valence-corrected chi connectivity index (χ3v) is 7.75. The standard InChI is InChI=1S/C33H27F3N4OS/c1-21-20-26(22(2)39(21)29-14-7-6-12-27(29)33(34,35)36)31-30(28-13-8-9-19-37-28)38-32(42)40(31)23-15-17-25(18-16-23)41-24-10-4-3-5-11-24/h3-20,30-31H,1-2H3,(H,38,42). The second-order valence-electron chi connectivity index (χ2n) is 10.1. The molecule has 2 atom stereocenters. The second-order valence-corrected chi connectivity index (χ2v) is 10.5. The number of aryl methyl sites for hydroxylation is 1. The van der Waals surface area contributed by atoms with E-state index < -0.39 is 11.7 Å². The molecule has 2 unspecified atom stereocenters. The van der Waals surface area contributed by atoms with Crippen molar-refractivity contribution in [3.8, 4) is 17.2 Å². The molecular formula is C33H27F3N4OS. The quantitative estimate of drug-likeness (QED) is 0.203. The highest BCUT2D eigenvalue weighted by Gasteiger charge is 2.43. The van der Waals surface area contributed by atoms with E-state index in [-0.39, 0.29) is 17.8 Å². The van der Waals surface area contributed by atoms with Crippen LogP contribution in [-0.4, -0.2) is 14.7 Å². The molecule has 0 saturated carbocycles. The minimum Gasteiger partial charge on any atom is -0.457 e. The maximum atomic E-state index is 14.0. The van der Waals surface area contributed by atoms with Crippen molar-refractivity contribution in [1.29, 1.82) is 0 Å². The summed E-state index contributed by atoms with van der Waals surface area (Å²) in [4.78, 5) is 6.60. The van der Waals surface area contributed by atoms with Crippen LogP contribution in [0.5, 0.6) is 11.5 Å². The molecule has 0 amide bonds. The van der Waals surface area contributed by atoms with E-state index in [1.807, 2.05) is 97.6 Å². The maximum absolute atomic E-state index is 14.0. The Labute approximate surface area is 247 Å². The largest absolute Gasteiger partial charge is 0.457 e. The third kappa shape index (κ3) is 5.12. The van der Waals surface area contributed by atoms with Gasteiger partial charge >= 0.3 is 6.18 Å². The first-order valence-corrected chi connectivity index (χ1v) is 13.8. The molecule has 0 aliphatic carbocycles. The summed E-state index contributed by atoms with van der Waals surface area (Å²) in [7, 11) is 0. The SMILES string of the molecule is Cc1cc(C2C(c3ccccn3)NC(=S)N2c2ccc(Oc3ccccc3)cc2)c(C)n1-c1ccccc1C(F)(F)F. The predicted octanol–water partition coefficient (Wildman–Crippen LogP) is 8.48. The molecule has 1 fully saturated rings. The number of alkyl halides is 3. The Balaban J connectivity index is 1.45. The first-order valence-electron chi connectivity index (χ1n) is 13.4. The minimum atomic E-state index is -4.50. The molecule has 5 aromatic rings. The molecule has 6 rings (SSSR count). The smallest absolute Gasteiger partial charge is 0.418 e. The number of aromatic nitrogens is 2. The van der Waals surface area contributed by atoms with E-state index in [0.717, 1.165) is 28.8 Å². The van der Waals surface area contributed by atoms with E-state index in [1.54, 1.807) is 16.8 Å². The van der Waals surface area contributed by atoms with E-state index >= 15 is 0 Å². The molecule has 212 valence electrons. The Hall–Kier alpha value is -4.63. The zero-order valence-corrected chi connectivity index (χ0v) is 23.7. The highest BCUT2D eigenvalue weighted by atomic mass is 32.1. The lowest BCUT2D eigenvalue weighted by atomic mass is 9.96. The fourth-order valence-corrected chi connectivity index (χ4v) is 5.96. The maximum Gasteiger partial charge on any atom is 0.418 e. The summed E-state index contributed by atoms with van der Waals surface area (Å²) in [6.45, 7) is 3.67. The molecule has 5 nitrogen and oxygen atoms in total. The van der Waals surface area contributed by atoms with Gasteiger partial charge < -0.3 is 19.5 Å². The van der Waals surface area contributed by atoms with E-state index in [2.05, 4.69) is 10.3 Å². The summed E-state index contributed by atoms with van der Waals surface area (Å²) >= 11 is 5.86. The molecule has 1 aliphatic rings. The molecule has 1 N–H and O–H groups in total. The molecular weight excluding hydrogens is 557 g/mol. The van der Waals surface area contributed by atoms with Crippen molar-refractivity contribution in [2.24, 2.45) is 0 Å². The Morgan fingerprint density at radius 3 is 2.19 bits per heavy atom. The number of para-hydroxylation sites is 2. The Morgan fingerprint density at radius 1 is 0.833 bits per heavy atom. The van der Waals surface area contributed by atoms with Crippen LogP contribution in [-0.2, 0) is 6.18 Å². The second kappa shape index (κ2) is 11.0. The number of pyridine rings is 1. The van der Waals surface area contributed by atoms with Crippen LogP contribution in [0.25, 0.3) is 5.69 Å². The number of nitrogens with one attached hydrogen (secondary N) is 1. The summed E-state index contributed by atoms with van der Waals surface area (Å²) in [6.07, 6.45) is -2.78. The highest BCUT2D eigenvalue weighted by molar-refractivity contribution is 7.80. The molecule has 3 aromatic carbocycles. The topological polar surface area (TPSA) is 42.3 Å². The normalized spacial score (nSPS) is 16.9. The zero-order chi connectivity index (χ0) is 29.4. The lowest BCUT2D eigenvalue weighted by Gasteiger charge is -2.28. The molecule has 0 radical (unpaired) electrons. The van der Waals surface area contributed by atoms with Crippen LogP contribution in [0, 0.1) is 13.8 Å². The van der Waals surface area contributed by atoms with Gasteiger partial charge in [0.1, 0.15) is 11.5 Å². The number of hydrogen-bond acceptors (Lipinski definition) is 3. The molecule has 2 aromatic heterocycles. The van der Waals surface area contributed by atoms with Gasteiger partial charge in [0.2, 0.25) is 0 Å². The number of ether oxygens (including phenoxy) is 1. The number of rotatable bonds is 6. The average molecular weight is 585 g/mol. The molecule has 0 bridgehead atoms. The lowest BCUT2D eigenvalue weighted by molar-refractivity contribution is -0.137. The zero-order valence-electron chi connectivity index (χ0n) is 22.8. The molecule has 3 heterocycles. The minimum absolute atomic E-state index is 0.0862. The van der Waals surface area contributed by atoms with Crippen molar-refractivity contribution in [1.82, 2.24) is 14.9 Å². The first kappa shape index (κ1) is 27.5. The van der Waals surface area contributed by atoms with Crippen LogP contribution in [0.1, 0.15) is 40.3 Å². The number of anilines is 1. The van der Waals surface area contributed by atoms with E-state index in [9.17, 15) is 13.2 Å². The fraction of sp³-hybridized carbons (Fsp3) is 0.152. The monoisotopic (exact) mass is 584 g/mol. The fourth-order valence-electron chi connectivity index (χ4n) is 5.61. The van der Waals surface area contributed by atoms with Gasteiger partial charge in [0, 0.05) is 23.3 Å². The van der Waals surface area contributed by atoms with Gasteiger partial charge in [-0.3, -0.25) is 4.98 Å². The van der Waals surface area contributed by atoms with E-state index in [1.165, 1.54) is 12.1 Å². The highest BCUT2D eigenvalue weighted by Crippen LogP contribution is 2.45. The summed E-state index contributed by atoms with van der Waals surface area (Å²) in [5.41, 5.74) is 3.21. The van der Waals surface area contributed by atoms with Crippen LogP contribution in [0.15, 0.2) is 109 Å². The van der Waals surface area contributed by atoms with Crippen LogP contribution >= 0.6 is 12.2 Å². The average Bonchev–Trinajstić information content (AvgIpc) is 3.48. The summed E-state index contributed by atoms with van der Waals surface area (Å²) in [5.74, 6) is 1.39. The Bertz CT molecular complexity index is 1720. The Kier molecular flexibility index (Phi) is 7.20. The van der Waals surface area contributed by atoms with Crippen LogP contribution in [0.4, 0.5) is 18.9 Å². The number of thiocarbonyl (C=S) groups is 1. The van der Waals surface area contributed by atoms with Crippen LogP contribution < -0.4 is 15.0 Å². The Morgan fingerprint density at radius 2 is 1.50 bits per heavy atom. The number of nitrogens with zero attached hydrogens (tertiary/aromatic N) is 3. The van der Waals surface area contributed by atoms with Gasteiger partial charge in [0.15, 0.2) is 5.11 Å². The van der Waals surface area contributed by atoms with Gasteiger partial charge in [-0.15, -0.1) is 0 Å². The van der Waals surface area contributed by atoms with Crippen molar-refractivity contribution < 1.29 is 17.9 Å². The van der Waals surface area contributed by atoms with E-state index in [4.69, 9.17) is 17.0 Å². The number of halogens is 3. The van der Waals surface area contributed by atoms with Crippen molar-refractivity contribution in [3.05, 3.63) is 138 Å². The molecule has 42 heavy (non-hydrogen) atoms. The number of hydrogen-bond donors (Lipinski definition) is 1. The molecule has 9 heteroatoms. The van der Waals surface area contributed by atoms with Gasteiger partial charge in [0.05, 0.1) is 29.0 Å². The summed E-state index contributed by atoms with van der Waals surface area (Å²) < 4.78 is 49.7. The number of benzene rings is 3. The molecule has 1 saturated heterocycles. The van der Waals surface area contributed by atoms with Crippen molar-refractivity contribution in [2.75, 3.05) is 4.90 Å². The third-order valence-electron chi connectivity index (χ3n) is 7.43. The predicted molar refractivity (Wildman–Crippen MR) is 161 cm³/mol. The van der Waals surface area contributed by atoms with Gasteiger partial charge in [-0.2, -0.15) is 13.2 Å². The lowest BCUT2D eigenvalue weighted by Crippen LogP contribution is -2.29. The van der Waals surface area contributed by atoms with Crippen molar-refractivity contribution >= 4 is 23.0 Å². The van der Waals surface area contributed by atoms with Gasteiger partial charge in [0.25, 0.3) is 0 Å². The van der Waals surface area contributed by atoms with Gasteiger partial charge in [-0.1, -0.05) is 36.4 Å². The summed E-state index contributed by atoms with van der Waals surface area (Å²) in [5, 5.41) is 3.92. The molecule has 0 spiro atoms. The van der Waals surface area contributed by atoms with Gasteiger partial charge in [-0.05, 0) is 98.4 Å². The first-order chi connectivity index (χ1) is 20.2. The van der Waals surface area contributed by atoms with E-state index in [0.29, 0.717) is 22.2 Å². The van der Waals surface area contributed by atoms with Crippen LogP contribution in [0.2, 0.25) is 0 Å². The van der Waals surface area contributed by atoms with Crippen LogP contribution in [0.3, 0.4) is 0 Å². The van der Waals surface area contributed by atoms with Crippen molar-refractivity contribution in [3.63, 3.8) is 0 Å². The molecule has 1 aliphatic heterocycles. The van der Waals surface area contributed by atoms with Gasteiger partial charge in [-0.25, -0.2) is 0 Å².